The minimum Gasteiger partial charge on any atom is -0.346 e. The Bertz CT molecular complexity index is 698. The fourth-order valence-electron chi connectivity index (χ4n) is 3.83. The van der Waals surface area contributed by atoms with Crippen molar-refractivity contribution in [3.05, 3.63) is 47.8 Å². The Morgan fingerprint density at radius 2 is 2.04 bits per heavy atom. The van der Waals surface area contributed by atoms with E-state index in [1.165, 1.54) is 12.1 Å². The van der Waals surface area contributed by atoms with Crippen LogP contribution in [0, 0.1) is 17.7 Å². The monoisotopic (exact) mass is 358 g/mol. The van der Waals surface area contributed by atoms with Crippen LogP contribution < -0.4 is 5.32 Å². The molecule has 0 unspecified atom stereocenters. The molecule has 140 valence electrons. The fourth-order valence-corrected chi connectivity index (χ4v) is 3.83. The van der Waals surface area contributed by atoms with Crippen LogP contribution in [-0.2, 0) is 9.59 Å². The van der Waals surface area contributed by atoms with Gasteiger partial charge in [0.15, 0.2) is 0 Å². The summed E-state index contributed by atoms with van der Waals surface area (Å²) in [6, 6.07) is 5.84. The molecule has 5 heteroatoms. The zero-order chi connectivity index (χ0) is 18.8. The number of hydrogen-bond donors (Lipinski definition) is 1. The van der Waals surface area contributed by atoms with Gasteiger partial charge in [-0.25, -0.2) is 4.39 Å². The van der Waals surface area contributed by atoms with Crippen LogP contribution in [0.4, 0.5) is 4.39 Å². The Labute approximate surface area is 154 Å². The van der Waals surface area contributed by atoms with Gasteiger partial charge in [-0.2, -0.15) is 0 Å². The van der Waals surface area contributed by atoms with Gasteiger partial charge in [-0.1, -0.05) is 38.1 Å². The molecule has 1 saturated carbocycles. The van der Waals surface area contributed by atoms with Crippen molar-refractivity contribution in [1.29, 1.82) is 0 Å². The molecule has 0 radical (unpaired) electrons. The first-order chi connectivity index (χ1) is 12.4. The highest BCUT2D eigenvalue weighted by molar-refractivity contribution is 5.91. The van der Waals surface area contributed by atoms with Gasteiger partial charge < -0.3 is 10.2 Å². The topological polar surface area (TPSA) is 49.4 Å². The van der Waals surface area contributed by atoms with Crippen LogP contribution in [0.15, 0.2) is 36.4 Å². The summed E-state index contributed by atoms with van der Waals surface area (Å²) >= 11 is 0. The van der Waals surface area contributed by atoms with Crippen LogP contribution in [0.1, 0.15) is 45.1 Å². The maximum Gasteiger partial charge on any atom is 0.243 e. The second-order valence-corrected chi connectivity index (χ2v) is 7.78. The Hall–Kier alpha value is -2.17. The number of rotatable bonds is 5. The first-order valence-electron chi connectivity index (χ1n) is 9.39. The van der Waals surface area contributed by atoms with Gasteiger partial charge in [-0.05, 0) is 49.3 Å². The maximum absolute atomic E-state index is 13.1. The second-order valence-electron chi connectivity index (χ2n) is 7.78. The van der Waals surface area contributed by atoms with E-state index < -0.39 is 6.04 Å². The fraction of sp³-hybridized carbons (Fsp3) is 0.524. The van der Waals surface area contributed by atoms with Crippen molar-refractivity contribution in [2.45, 2.75) is 51.6 Å². The van der Waals surface area contributed by atoms with E-state index in [0.29, 0.717) is 18.9 Å². The lowest BCUT2D eigenvalue weighted by molar-refractivity contribution is -0.145. The molecule has 4 nitrogen and oxygen atoms in total. The van der Waals surface area contributed by atoms with Gasteiger partial charge in [0, 0.05) is 12.5 Å². The number of piperazine rings is 1. The van der Waals surface area contributed by atoms with Crippen molar-refractivity contribution in [2.24, 2.45) is 11.8 Å². The quantitative estimate of drug-likeness (QED) is 0.822. The van der Waals surface area contributed by atoms with Gasteiger partial charge in [0.25, 0.3) is 0 Å². The number of halogens is 1. The van der Waals surface area contributed by atoms with Crippen molar-refractivity contribution < 1.29 is 14.0 Å². The zero-order valence-corrected chi connectivity index (χ0v) is 15.6. The smallest absolute Gasteiger partial charge is 0.243 e. The minimum absolute atomic E-state index is 0.0503. The molecular formula is C21H27FN2O2. The zero-order valence-electron chi connectivity index (χ0n) is 15.6. The number of nitrogens with one attached hydrogen (secondary N) is 1. The van der Waals surface area contributed by atoms with Crippen LogP contribution in [0.2, 0.25) is 0 Å². The molecule has 1 aliphatic heterocycles. The summed E-state index contributed by atoms with van der Waals surface area (Å²) in [5, 5.41) is 3.00. The molecule has 0 bridgehead atoms. The molecule has 3 rings (SSSR count). The van der Waals surface area contributed by atoms with Crippen LogP contribution in [-0.4, -0.2) is 35.3 Å². The Balaban J connectivity index is 1.75. The highest BCUT2D eigenvalue weighted by Gasteiger charge is 2.49. The summed E-state index contributed by atoms with van der Waals surface area (Å²) < 4.78 is 13.1. The van der Waals surface area contributed by atoms with Crippen molar-refractivity contribution in [3.63, 3.8) is 0 Å². The van der Waals surface area contributed by atoms with E-state index in [0.717, 1.165) is 12.0 Å². The van der Waals surface area contributed by atoms with Gasteiger partial charge in [-0.15, -0.1) is 0 Å². The molecular weight excluding hydrogens is 331 g/mol. The van der Waals surface area contributed by atoms with Crippen molar-refractivity contribution in [1.82, 2.24) is 10.2 Å². The molecule has 1 aliphatic carbocycles. The summed E-state index contributed by atoms with van der Waals surface area (Å²) in [7, 11) is 0. The molecule has 2 aliphatic rings. The largest absolute Gasteiger partial charge is 0.346 e. The number of allylic oxidation sites excluding steroid dienone is 1. The molecule has 1 heterocycles. The maximum atomic E-state index is 13.1. The number of benzene rings is 1. The lowest BCUT2D eigenvalue weighted by atomic mass is 9.97. The molecule has 4 atom stereocenters. The molecule has 26 heavy (non-hydrogen) atoms. The molecule has 1 N–H and O–H groups in total. The highest BCUT2D eigenvalue weighted by Crippen LogP contribution is 2.49. The van der Waals surface area contributed by atoms with E-state index in [1.54, 1.807) is 17.0 Å². The van der Waals surface area contributed by atoms with E-state index >= 15 is 0 Å². The summed E-state index contributed by atoms with van der Waals surface area (Å²) in [6.07, 6.45) is 5.25. The Kier molecular flexibility index (Phi) is 5.44. The summed E-state index contributed by atoms with van der Waals surface area (Å²) in [5.74, 6) is 0.0672. The SMILES string of the molecule is C/C=C/[C@H]1CN(C(=O)[C@@H]2C[C@H]2c2ccc(F)cc2)[C@@H](CC(C)C)C(=O)N1. The molecule has 1 saturated heterocycles. The Morgan fingerprint density at radius 1 is 1.35 bits per heavy atom. The van der Waals surface area contributed by atoms with Gasteiger partial charge in [0.2, 0.25) is 11.8 Å². The van der Waals surface area contributed by atoms with Crippen LogP contribution in [0.25, 0.3) is 0 Å². The molecule has 2 fully saturated rings. The van der Waals surface area contributed by atoms with Crippen molar-refractivity contribution >= 4 is 11.8 Å². The lowest BCUT2D eigenvalue weighted by Crippen LogP contribution is -2.61. The standard InChI is InChI=1S/C21H27FN2O2/c1-4-5-16-12-24(19(10-13(2)3)20(25)23-16)21(26)18-11-17(18)14-6-8-15(22)9-7-14/h4-9,13,16-19H,10-12H2,1-3H3,(H,23,25)/b5-4+/t16-,17-,18+,19-/m0/s1. The van der Waals surface area contributed by atoms with Crippen LogP contribution in [0.5, 0.6) is 0 Å². The van der Waals surface area contributed by atoms with Gasteiger partial charge >= 0.3 is 0 Å². The summed E-state index contributed by atoms with van der Waals surface area (Å²) in [4.78, 5) is 27.5. The Morgan fingerprint density at radius 3 is 2.65 bits per heavy atom. The highest BCUT2D eigenvalue weighted by atomic mass is 19.1. The molecule has 0 spiro atoms. The predicted octanol–water partition coefficient (Wildman–Crippen LogP) is 3.25. The average molecular weight is 358 g/mol. The number of carbonyl (C=O) groups excluding carboxylic acids is 2. The van der Waals surface area contributed by atoms with Gasteiger partial charge in [0.1, 0.15) is 11.9 Å². The first-order valence-corrected chi connectivity index (χ1v) is 9.39. The normalized spacial score (nSPS) is 28.5. The second kappa shape index (κ2) is 7.60. The summed E-state index contributed by atoms with van der Waals surface area (Å²) in [5.41, 5.74) is 0.997. The van der Waals surface area contributed by atoms with Crippen molar-refractivity contribution in [3.8, 4) is 0 Å². The molecule has 2 amide bonds. The number of hydrogen-bond acceptors (Lipinski definition) is 2. The van der Waals surface area contributed by atoms with E-state index in [2.05, 4.69) is 19.2 Å². The number of amides is 2. The van der Waals surface area contributed by atoms with E-state index in [9.17, 15) is 14.0 Å². The minimum atomic E-state index is -0.404. The number of nitrogens with zero attached hydrogens (tertiary/aromatic N) is 1. The summed E-state index contributed by atoms with van der Waals surface area (Å²) in [6.45, 7) is 6.54. The van der Waals surface area contributed by atoms with E-state index in [1.807, 2.05) is 19.1 Å². The number of carbonyl (C=O) groups is 2. The third-order valence-electron chi connectivity index (χ3n) is 5.21. The van der Waals surface area contributed by atoms with Gasteiger partial charge in [0.05, 0.1) is 6.04 Å². The molecule has 1 aromatic carbocycles. The van der Waals surface area contributed by atoms with Crippen LogP contribution in [0.3, 0.4) is 0 Å². The van der Waals surface area contributed by atoms with Gasteiger partial charge in [-0.3, -0.25) is 9.59 Å². The third-order valence-corrected chi connectivity index (χ3v) is 5.21. The first kappa shape index (κ1) is 18.6. The molecule has 1 aromatic rings. The molecule has 0 aromatic heterocycles. The lowest BCUT2D eigenvalue weighted by Gasteiger charge is -2.39. The van der Waals surface area contributed by atoms with E-state index in [4.69, 9.17) is 0 Å². The third kappa shape index (κ3) is 3.97. The van der Waals surface area contributed by atoms with E-state index in [-0.39, 0.29) is 35.5 Å². The van der Waals surface area contributed by atoms with Crippen LogP contribution >= 0.6 is 0 Å². The average Bonchev–Trinajstić information content (AvgIpc) is 3.38. The predicted molar refractivity (Wildman–Crippen MR) is 98.9 cm³/mol. The van der Waals surface area contributed by atoms with Crippen molar-refractivity contribution in [2.75, 3.05) is 6.54 Å².